The fourth-order valence-electron chi connectivity index (χ4n) is 2.88. The quantitative estimate of drug-likeness (QED) is 0.579. The van der Waals surface area contributed by atoms with E-state index < -0.39 is 12.0 Å². The van der Waals surface area contributed by atoms with Crippen LogP contribution >= 0.6 is 11.6 Å². The van der Waals surface area contributed by atoms with Gasteiger partial charge >= 0.3 is 6.09 Å². The second kappa shape index (κ2) is 8.86. The van der Waals surface area contributed by atoms with Crippen LogP contribution in [0.15, 0.2) is 66.7 Å². The van der Waals surface area contributed by atoms with Crippen molar-refractivity contribution in [3.63, 3.8) is 0 Å². The summed E-state index contributed by atoms with van der Waals surface area (Å²) in [5.41, 5.74) is 2.28. The molecule has 0 aromatic heterocycles. The van der Waals surface area contributed by atoms with Crippen molar-refractivity contribution in [3.05, 3.63) is 88.4 Å². The van der Waals surface area contributed by atoms with Gasteiger partial charge in [0.1, 0.15) is 12.4 Å². The van der Waals surface area contributed by atoms with Gasteiger partial charge in [-0.3, -0.25) is 10.1 Å². The zero-order valence-electron chi connectivity index (χ0n) is 15.7. The minimum atomic E-state index is -0.714. The van der Waals surface area contributed by atoms with Crippen LogP contribution < -0.4 is 20.3 Å². The van der Waals surface area contributed by atoms with Gasteiger partial charge in [-0.05, 0) is 42.0 Å². The third-order valence-corrected chi connectivity index (χ3v) is 4.60. The number of para-hydroxylation sites is 1. The summed E-state index contributed by atoms with van der Waals surface area (Å²) in [4.78, 5) is 34.9. The van der Waals surface area contributed by atoms with Gasteiger partial charge in [0.25, 0.3) is 5.91 Å². The van der Waals surface area contributed by atoms with Gasteiger partial charge in [-0.1, -0.05) is 41.9 Å². The monoisotopic (exact) mass is 424 g/mol. The van der Waals surface area contributed by atoms with E-state index in [2.05, 4.69) is 10.6 Å². The standard InChI is InChI=1S/C22H17ClN2O5/c23-16-8-9-19(25-22(27)29-17-4-2-1-3-5-17)18(11-16)21(26)24-12-14-6-7-15-13-28-30-20(15)10-14/h1-11H,12-13H2,(H,24,26)(H,25,27). The highest BCUT2D eigenvalue weighted by Crippen LogP contribution is 2.27. The number of rotatable bonds is 5. The van der Waals surface area contributed by atoms with Crippen LogP contribution in [0.3, 0.4) is 0 Å². The molecule has 152 valence electrons. The Kier molecular flexibility index (Phi) is 5.83. The number of nitrogens with one attached hydrogen (secondary N) is 2. The molecule has 0 radical (unpaired) electrons. The van der Waals surface area contributed by atoms with Gasteiger partial charge in [0.2, 0.25) is 0 Å². The fraction of sp³-hybridized carbons (Fsp3) is 0.0909. The second-order valence-electron chi connectivity index (χ2n) is 6.49. The molecule has 2 amide bonds. The average molecular weight is 425 g/mol. The molecule has 0 saturated heterocycles. The van der Waals surface area contributed by atoms with Gasteiger partial charge in [0.15, 0.2) is 5.75 Å². The van der Waals surface area contributed by atoms with Gasteiger partial charge in [0, 0.05) is 17.1 Å². The molecule has 0 bridgehead atoms. The van der Waals surface area contributed by atoms with E-state index in [1.807, 2.05) is 18.2 Å². The molecule has 1 aliphatic rings. The van der Waals surface area contributed by atoms with Crippen LogP contribution in [0.2, 0.25) is 5.02 Å². The molecule has 0 unspecified atom stereocenters. The molecular formula is C22H17ClN2O5. The van der Waals surface area contributed by atoms with Gasteiger partial charge in [0.05, 0.1) is 11.3 Å². The number of fused-ring (bicyclic) bond motifs is 1. The molecule has 0 saturated carbocycles. The molecule has 1 aliphatic heterocycles. The number of amides is 2. The highest BCUT2D eigenvalue weighted by molar-refractivity contribution is 6.31. The summed E-state index contributed by atoms with van der Waals surface area (Å²) in [7, 11) is 0. The molecular weight excluding hydrogens is 408 g/mol. The van der Waals surface area contributed by atoms with Crippen LogP contribution in [0.25, 0.3) is 0 Å². The molecule has 1 heterocycles. The largest absolute Gasteiger partial charge is 0.417 e. The molecule has 0 aliphatic carbocycles. The van der Waals surface area contributed by atoms with E-state index in [1.165, 1.54) is 6.07 Å². The first-order chi connectivity index (χ1) is 14.6. The normalized spacial score (nSPS) is 11.9. The Morgan fingerprint density at radius 3 is 2.70 bits per heavy atom. The van der Waals surface area contributed by atoms with E-state index in [-0.39, 0.29) is 17.8 Å². The molecule has 8 heteroatoms. The van der Waals surface area contributed by atoms with Crippen molar-refractivity contribution >= 4 is 29.3 Å². The summed E-state index contributed by atoms with van der Waals surface area (Å²) in [5, 5.41) is 5.76. The van der Waals surface area contributed by atoms with E-state index in [4.69, 9.17) is 26.1 Å². The Balaban J connectivity index is 1.44. The topological polar surface area (TPSA) is 85.9 Å². The van der Waals surface area contributed by atoms with Crippen molar-refractivity contribution in [2.45, 2.75) is 13.2 Å². The number of anilines is 1. The van der Waals surface area contributed by atoms with Crippen molar-refractivity contribution in [2.75, 3.05) is 5.32 Å². The van der Waals surface area contributed by atoms with Crippen LogP contribution in [-0.2, 0) is 18.0 Å². The number of ether oxygens (including phenoxy) is 1. The second-order valence-corrected chi connectivity index (χ2v) is 6.92. The Morgan fingerprint density at radius 1 is 1.03 bits per heavy atom. The molecule has 4 rings (SSSR count). The number of carbonyl (C=O) groups is 2. The molecule has 0 fully saturated rings. The Morgan fingerprint density at radius 2 is 1.87 bits per heavy atom. The van der Waals surface area contributed by atoms with Crippen LogP contribution in [0.1, 0.15) is 21.5 Å². The maximum atomic E-state index is 12.7. The maximum absolute atomic E-state index is 12.7. The lowest BCUT2D eigenvalue weighted by Gasteiger charge is -2.12. The van der Waals surface area contributed by atoms with Crippen LogP contribution in [0.4, 0.5) is 10.5 Å². The van der Waals surface area contributed by atoms with E-state index in [1.54, 1.807) is 42.5 Å². The van der Waals surface area contributed by atoms with Crippen molar-refractivity contribution in [2.24, 2.45) is 0 Å². The van der Waals surface area contributed by atoms with E-state index in [9.17, 15) is 9.59 Å². The number of carbonyl (C=O) groups excluding carboxylic acids is 2. The molecule has 3 aromatic carbocycles. The van der Waals surface area contributed by atoms with Gasteiger partial charge in [-0.15, -0.1) is 0 Å². The van der Waals surface area contributed by atoms with E-state index >= 15 is 0 Å². The number of benzene rings is 3. The van der Waals surface area contributed by atoms with Gasteiger partial charge in [-0.25, -0.2) is 4.79 Å². The predicted octanol–water partition coefficient (Wildman–Crippen LogP) is 4.70. The van der Waals surface area contributed by atoms with Crippen molar-refractivity contribution in [1.29, 1.82) is 0 Å². The van der Waals surface area contributed by atoms with Gasteiger partial charge < -0.3 is 14.9 Å². The summed E-state index contributed by atoms with van der Waals surface area (Å²) in [6.45, 7) is 0.661. The third kappa shape index (κ3) is 4.71. The van der Waals surface area contributed by atoms with E-state index in [0.29, 0.717) is 23.1 Å². The molecule has 3 aromatic rings. The number of halogens is 1. The molecule has 7 nitrogen and oxygen atoms in total. The predicted molar refractivity (Wildman–Crippen MR) is 111 cm³/mol. The zero-order chi connectivity index (χ0) is 20.9. The molecule has 2 N–H and O–H groups in total. The summed E-state index contributed by atoms with van der Waals surface area (Å²) in [6, 6.07) is 18.8. The maximum Gasteiger partial charge on any atom is 0.417 e. The highest BCUT2D eigenvalue weighted by atomic mass is 35.5. The van der Waals surface area contributed by atoms with Crippen molar-refractivity contribution in [3.8, 4) is 11.5 Å². The Hall–Kier alpha value is -3.55. The first kappa shape index (κ1) is 19.8. The lowest BCUT2D eigenvalue weighted by molar-refractivity contribution is -0.194. The zero-order valence-corrected chi connectivity index (χ0v) is 16.4. The van der Waals surface area contributed by atoms with Crippen molar-refractivity contribution < 1.29 is 24.1 Å². The molecule has 0 atom stereocenters. The highest BCUT2D eigenvalue weighted by Gasteiger charge is 2.17. The summed E-state index contributed by atoms with van der Waals surface area (Å²) >= 11 is 6.05. The van der Waals surface area contributed by atoms with Crippen LogP contribution in [0, 0.1) is 0 Å². The first-order valence-corrected chi connectivity index (χ1v) is 9.49. The van der Waals surface area contributed by atoms with Crippen molar-refractivity contribution in [1.82, 2.24) is 5.32 Å². The Labute approximate surface area is 177 Å². The third-order valence-electron chi connectivity index (χ3n) is 4.36. The summed E-state index contributed by atoms with van der Waals surface area (Å²) in [6.07, 6.45) is -0.714. The van der Waals surface area contributed by atoms with Crippen LogP contribution in [0.5, 0.6) is 11.5 Å². The van der Waals surface area contributed by atoms with E-state index in [0.717, 1.165) is 11.1 Å². The lowest BCUT2D eigenvalue weighted by atomic mass is 10.1. The summed E-state index contributed by atoms with van der Waals surface area (Å²) < 4.78 is 5.21. The fourth-order valence-corrected chi connectivity index (χ4v) is 3.06. The minimum Gasteiger partial charge on any atom is -0.410 e. The first-order valence-electron chi connectivity index (χ1n) is 9.11. The Bertz CT molecular complexity index is 1090. The molecule has 30 heavy (non-hydrogen) atoms. The van der Waals surface area contributed by atoms with Gasteiger partial charge in [-0.2, -0.15) is 4.89 Å². The molecule has 0 spiro atoms. The average Bonchev–Trinajstić information content (AvgIpc) is 3.22. The SMILES string of the molecule is O=C(Nc1ccc(Cl)cc1C(=O)NCc1ccc2c(c1)OOC2)Oc1ccccc1. The number of hydrogen-bond acceptors (Lipinski definition) is 5. The minimum absolute atomic E-state index is 0.216. The summed E-state index contributed by atoms with van der Waals surface area (Å²) in [5.74, 6) is 0.624. The lowest BCUT2D eigenvalue weighted by Crippen LogP contribution is -2.25. The smallest absolute Gasteiger partial charge is 0.410 e. The number of hydrogen-bond donors (Lipinski definition) is 2. The van der Waals surface area contributed by atoms with Crippen LogP contribution in [-0.4, -0.2) is 12.0 Å².